The highest BCUT2D eigenvalue weighted by Crippen LogP contribution is 2.36. The van der Waals surface area contributed by atoms with Crippen LogP contribution in [0.25, 0.3) is 0 Å². The third-order valence-electron chi connectivity index (χ3n) is 5.71. The average molecular weight is 591 g/mol. The molecule has 0 fully saturated rings. The van der Waals surface area contributed by atoms with E-state index in [2.05, 4.69) is 44.8 Å². The second kappa shape index (κ2) is 16.4. The lowest BCUT2D eigenvalue weighted by Crippen LogP contribution is -2.21. The van der Waals surface area contributed by atoms with Gasteiger partial charge in [-0.1, -0.05) is 7.43 Å². The molecule has 2 aromatic carbocycles. The summed E-state index contributed by atoms with van der Waals surface area (Å²) < 4.78 is 4.85. The SMILES string of the molecule is C.CCN(CC)c1ccc(/C=N/NC(=O)c2cccnc2)c(O)c1.O=C(N/N=C/c1ccc(O)c(O)c1O)c1ccco1. The number of hydrazone groups is 2. The number of phenolic OH excluding ortho intramolecular Hbond substituents is 4. The molecule has 2 heterocycles. The summed E-state index contributed by atoms with van der Waals surface area (Å²) in [5, 5.41) is 45.4. The van der Waals surface area contributed by atoms with Crippen molar-refractivity contribution in [1.82, 2.24) is 15.8 Å². The number of pyridine rings is 1. The van der Waals surface area contributed by atoms with Gasteiger partial charge in [-0.25, -0.2) is 10.9 Å². The van der Waals surface area contributed by atoms with Crippen LogP contribution in [-0.4, -0.2) is 62.7 Å². The zero-order valence-corrected chi connectivity index (χ0v) is 22.8. The molecule has 13 heteroatoms. The third kappa shape index (κ3) is 9.35. The van der Waals surface area contributed by atoms with E-state index in [1.54, 1.807) is 36.5 Å². The number of nitrogens with zero attached hydrogens (tertiary/aromatic N) is 4. The maximum Gasteiger partial charge on any atom is 0.307 e. The molecule has 0 saturated carbocycles. The van der Waals surface area contributed by atoms with Crippen molar-refractivity contribution in [3.8, 4) is 23.0 Å². The number of furan rings is 1. The predicted octanol–water partition coefficient (Wildman–Crippen LogP) is 4.19. The number of nitrogens with one attached hydrogen (secondary N) is 2. The predicted molar refractivity (Wildman–Crippen MR) is 163 cm³/mol. The van der Waals surface area contributed by atoms with Crippen LogP contribution in [-0.2, 0) is 0 Å². The fourth-order valence-corrected chi connectivity index (χ4v) is 3.46. The number of carbonyl (C=O) groups excluding carboxylic acids is 2. The van der Waals surface area contributed by atoms with Gasteiger partial charge >= 0.3 is 5.91 Å². The molecule has 0 saturated heterocycles. The van der Waals surface area contributed by atoms with Crippen LogP contribution >= 0.6 is 0 Å². The molecule has 226 valence electrons. The lowest BCUT2D eigenvalue weighted by atomic mass is 10.2. The highest BCUT2D eigenvalue weighted by Gasteiger charge is 2.10. The molecule has 0 atom stereocenters. The van der Waals surface area contributed by atoms with Gasteiger partial charge in [0.15, 0.2) is 17.3 Å². The van der Waals surface area contributed by atoms with Gasteiger partial charge in [0.2, 0.25) is 5.75 Å². The summed E-state index contributed by atoms with van der Waals surface area (Å²) in [7, 11) is 0. The molecule has 4 aromatic rings. The summed E-state index contributed by atoms with van der Waals surface area (Å²) in [5.74, 6) is -2.33. The summed E-state index contributed by atoms with van der Waals surface area (Å²) in [4.78, 5) is 29.2. The molecule has 0 aliphatic heterocycles. The van der Waals surface area contributed by atoms with Crippen molar-refractivity contribution < 1.29 is 34.4 Å². The number of carbonyl (C=O) groups is 2. The van der Waals surface area contributed by atoms with Crippen molar-refractivity contribution in [1.29, 1.82) is 0 Å². The monoisotopic (exact) mass is 590 g/mol. The first-order chi connectivity index (χ1) is 20.2. The summed E-state index contributed by atoms with van der Waals surface area (Å²) in [5.41, 5.74) is 6.62. The Balaban J connectivity index is 0.000000298. The fraction of sp³-hybridized carbons (Fsp3) is 0.167. The molecule has 0 bridgehead atoms. The standard InChI is InChI=1S/C17H20N4O2.C12H10N2O5.CH4/c1-3-21(4-2)15-8-7-13(16(22)10-15)12-19-20-17(23)14-6-5-9-18-11-14;15-8-4-3-7(10(16)11(8)17)6-13-14-12(18)9-2-1-5-19-9;/h5-12,22H,3-4H2,1-2H3,(H,20,23);1-6,15-17H,(H,14,18);1H4/b19-12+;13-6+;. The number of benzene rings is 2. The topological polar surface area (TPSA) is 193 Å². The van der Waals surface area contributed by atoms with Crippen LogP contribution in [0.1, 0.15) is 53.3 Å². The van der Waals surface area contributed by atoms with Gasteiger partial charge in [0.05, 0.1) is 24.3 Å². The van der Waals surface area contributed by atoms with Gasteiger partial charge in [-0.05, 0) is 62.4 Å². The Hall–Kier alpha value is -5.85. The lowest BCUT2D eigenvalue weighted by molar-refractivity contribution is 0.0925. The van der Waals surface area contributed by atoms with Gasteiger partial charge in [0, 0.05) is 48.4 Å². The Morgan fingerprint density at radius 2 is 1.53 bits per heavy atom. The van der Waals surface area contributed by atoms with Crippen molar-refractivity contribution in [2.45, 2.75) is 21.3 Å². The van der Waals surface area contributed by atoms with Gasteiger partial charge < -0.3 is 29.7 Å². The molecule has 0 radical (unpaired) electrons. The van der Waals surface area contributed by atoms with Gasteiger partial charge in [0.1, 0.15) is 5.75 Å². The Labute approximate surface area is 248 Å². The Morgan fingerprint density at radius 1 is 0.860 bits per heavy atom. The van der Waals surface area contributed by atoms with Crippen molar-refractivity contribution in [2.75, 3.05) is 18.0 Å². The van der Waals surface area contributed by atoms with Gasteiger partial charge in [-0.2, -0.15) is 10.2 Å². The first-order valence-electron chi connectivity index (χ1n) is 12.7. The molecule has 4 rings (SSSR count). The Morgan fingerprint density at radius 3 is 2.14 bits per heavy atom. The number of aromatic nitrogens is 1. The smallest absolute Gasteiger partial charge is 0.307 e. The molecule has 13 nitrogen and oxygen atoms in total. The Bertz CT molecular complexity index is 1540. The molecule has 0 spiro atoms. The quantitative estimate of drug-likeness (QED) is 0.0941. The number of amides is 2. The maximum absolute atomic E-state index is 11.8. The third-order valence-corrected chi connectivity index (χ3v) is 5.71. The van der Waals surface area contributed by atoms with Crippen LogP contribution in [0.4, 0.5) is 5.69 Å². The van der Waals surface area contributed by atoms with Gasteiger partial charge in [-0.15, -0.1) is 0 Å². The minimum absolute atomic E-state index is 0. The van der Waals surface area contributed by atoms with E-state index in [1.165, 1.54) is 36.9 Å². The first-order valence-corrected chi connectivity index (χ1v) is 12.7. The van der Waals surface area contributed by atoms with E-state index in [0.29, 0.717) is 11.1 Å². The van der Waals surface area contributed by atoms with E-state index in [4.69, 9.17) is 9.52 Å². The van der Waals surface area contributed by atoms with Crippen molar-refractivity contribution in [3.05, 3.63) is 95.7 Å². The normalized spacial score (nSPS) is 10.5. The van der Waals surface area contributed by atoms with Crippen LogP contribution in [0.5, 0.6) is 23.0 Å². The number of phenols is 4. The number of rotatable bonds is 9. The fourth-order valence-electron chi connectivity index (χ4n) is 3.46. The molecule has 0 aliphatic rings. The van der Waals surface area contributed by atoms with Gasteiger partial charge in [-0.3, -0.25) is 14.6 Å². The van der Waals surface area contributed by atoms with Crippen molar-refractivity contribution in [2.24, 2.45) is 10.2 Å². The minimum Gasteiger partial charge on any atom is -0.507 e. The summed E-state index contributed by atoms with van der Waals surface area (Å²) in [6.07, 6.45) is 6.93. The molecule has 2 aromatic heterocycles. The Kier molecular flexibility index (Phi) is 12.7. The highest BCUT2D eigenvalue weighted by molar-refractivity contribution is 5.95. The molecule has 2 amide bonds. The zero-order valence-electron chi connectivity index (χ0n) is 22.8. The molecular weight excluding hydrogens is 556 g/mol. The van der Waals surface area contributed by atoms with E-state index in [-0.39, 0.29) is 30.4 Å². The summed E-state index contributed by atoms with van der Waals surface area (Å²) >= 11 is 0. The van der Waals surface area contributed by atoms with Crippen LogP contribution in [0.15, 0.2) is 87.9 Å². The first kappa shape index (κ1) is 33.4. The lowest BCUT2D eigenvalue weighted by Gasteiger charge is -2.21. The van der Waals surface area contributed by atoms with E-state index in [9.17, 15) is 24.9 Å². The van der Waals surface area contributed by atoms with E-state index in [1.807, 2.05) is 6.07 Å². The zero-order chi connectivity index (χ0) is 30.5. The number of hydrogen-bond donors (Lipinski definition) is 6. The van der Waals surface area contributed by atoms with E-state index < -0.39 is 23.2 Å². The maximum atomic E-state index is 11.8. The molecular formula is C30H34N6O7. The molecule has 6 N–H and O–H groups in total. The van der Waals surface area contributed by atoms with E-state index >= 15 is 0 Å². The molecule has 0 aliphatic carbocycles. The summed E-state index contributed by atoms with van der Waals surface area (Å²) in [6, 6.07) is 14.2. The van der Waals surface area contributed by atoms with Gasteiger partial charge in [0.25, 0.3) is 5.91 Å². The molecule has 43 heavy (non-hydrogen) atoms. The van der Waals surface area contributed by atoms with Crippen LogP contribution in [0, 0.1) is 0 Å². The van der Waals surface area contributed by atoms with Crippen LogP contribution in [0.2, 0.25) is 0 Å². The second-order valence-corrected chi connectivity index (χ2v) is 8.40. The highest BCUT2D eigenvalue weighted by atomic mass is 16.3. The van der Waals surface area contributed by atoms with Crippen LogP contribution < -0.4 is 15.8 Å². The summed E-state index contributed by atoms with van der Waals surface area (Å²) in [6.45, 7) is 5.85. The second-order valence-electron chi connectivity index (χ2n) is 8.40. The van der Waals surface area contributed by atoms with Crippen molar-refractivity contribution >= 4 is 29.9 Å². The van der Waals surface area contributed by atoms with Crippen LogP contribution in [0.3, 0.4) is 0 Å². The minimum atomic E-state index is -0.652. The number of aromatic hydroxyl groups is 4. The van der Waals surface area contributed by atoms with Crippen molar-refractivity contribution in [3.63, 3.8) is 0 Å². The average Bonchev–Trinajstić information content (AvgIpc) is 3.55. The largest absolute Gasteiger partial charge is 0.507 e. The number of anilines is 1. The number of hydrogen-bond acceptors (Lipinski definition) is 11. The van der Waals surface area contributed by atoms with E-state index in [0.717, 1.165) is 25.0 Å². The molecule has 0 unspecified atom stereocenters.